The molecule has 1 aliphatic heterocycles. The number of carbonyl (C=O) groups is 3. The highest BCUT2D eigenvalue weighted by atomic mass is 35.5. The number of amides is 2. The van der Waals surface area contributed by atoms with E-state index < -0.39 is 5.97 Å². The summed E-state index contributed by atoms with van der Waals surface area (Å²) in [5.74, 6) is -0.241. The van der Waals surface area contributed by atoms with Crippen LogP contribution in [-0.2, 0) is 9.59 Å². The molecule has 3 aromatic rings. The molecule has 7 heteroatoms. The molecule has 35 heavy (non-hydrogen) atoms. The third-order valence-electron chi connectivity index (χ3n) is 8.48. The minimum absolute atomic E-state index is 0.0975. The quantitative estimate of drug-likeness (QED) is 0.412. The molecule has 8 rings (SSSR count). The molecule has 1 saturated heterocycles. The monoisotopic (exact) mass is 484 g/mol. The molecule has 1 aromatic heterocycles. The van der Waals surface area contributed by atoms with Crippen molar-refractivity contribution in [2.45, 2.75) is 13.3 Å². The largest absolute Gasteiger partial charge is 0.478 e. The van der Waals surface area contributed by atoms with E-state index in [4.69, 9.17) is 16.6 Å². The van der Waals surface area contributed by atoms with Crippen LogP contribution in [0.5, 0.6) is 0 Å². The number of pyridine rings is 1. The summed E-state index contributed by atoms with van der Waals surface area (Å²) < 4.78 is 0. The number of anilines is 1. The van der Waals surface area contributed by atoms with Crippen molar-refractivity contribution in [2.75, 3.05) is 4.90 Å². The Morgan fingerprint density at radius 1 is 1.00 bits per heavy atom. The summed E-state index contributed by atoms with van der Waals surface area (Å²) in [6, 6.07) is 11.9. The van der Waals surface area contributed by atoms with Crippen molar-refractivity contribution in [2.24, 2.45) is 35.5 Å². The Bertz CT molecular complexity index is 1480. The smallest absolute Gasteiger partial charge is 0.336 e. The summed E-state index contributed by atoms with van der Waals surface area (Å²) >= 11 is 6.27. The van der Waals surface area contributed by atoms with Gasteiger partial charge in [0.25, 0.3) is 0 Å². The van der Waals surface area contributed by atoms with Crippen LogP contribution in [0.25, 0.3) is 22.2 Å². The van der Waals surface area contributed by atoms with Gasteiger partial charge >= 0.3 is 5.97 Å². The fraction of sp³-hybridized carbons (Fsp3) is 0.286. The molecule has 0 radical (unpaired) electrons. The molecule has 6 nitrogen and oxygen atoms in total. The van der Waals surface area contributed by atoms with Gasteiger partial charge in [0.2, 0.25) is 11.8 Å². The Morgan fingerprint density at radius 2 is 1.63 bits per heavy atom. The first-order valence-corrected chi connectivity index (χ1v) is 12.2. The maximum atomic E-state index is 13.4. The van der Waals surface area contributed by atoms with Gasteiger partial charge < -0.3 is 5.11 Å². The molecule has 4 aliphatic carbocycles. The standard InChI is InChI=1S/C28H21ClN2O4/c1-12-21(29)9-8-17-20(28(34)35)11-22(30-25(12)17)13-2-4-14(5-3-13)31-26(32)23-15-6-7-16(19-10-18(15)19)24(23)27(31)33/h2-9,11,15-16,18-19,23-24H,10H2,1H3,(H,34,35). The SMILES string of the molecule is Cc1c(Cl)ccc2c(C(=O)O)cc(-c3ccc(N4C(=O)C5C6C=CC(C7CC67)C5C4=O)cc3)nc12. The molecule has 2 bridgehead atoms. The summed E-state index contributed by atoms with van der Waals surface area (Å²) in [5, 5.41) is 10.8. The first-order valence-electron chi connectivity index (χ1n) is 11.8. The first kappa shape index (κ1) is 20.8. The Morgan fingerprint density at radius 3 is 2.23 bits per heavy atom. The Labute approximate surface area is 206 Å². The number of hydrogen-bond acceptors (Lipinski definition) is 4. The van der Waals surface area contributed by atoms with Crippen LogP contribution in [0, 0.1) is 42.4 Å². The van der Waals surface area contributed by atoms with Crippen molar-refractivity contribution in [1.82, 2.24) is 4.98 Å². The molecule has 5 aliphatic rings. The molecule has 6 unspecified atom stereocenters. The number of allylic oxidation sites excluding steroid dienone is 2. The number of aryl methyl sites for hydroxylation is 1. The predicted octanol–water partition coefficient (Wildman–Crippen LogP) is 5.12. The summed E-state index contributed by atoms with van der Waals surface area (Å²) in [5.41, 5.74) is 3.11. The number of carboxylic acids is 1. The third kappa shape index (κ3) is 2.77. The molecule has 2 amide bonds. The maximum absolute atomic E-state index is 13.4. The molecule has 3 fully saturated rings. The van der Waals surface area contributed by atoms with E-state index in [1.165, 1.54) is 4.90 Å². The lowest BCUT2D eigenvalue weighted by molar-refractivity contribution is -0.124. The van der Waals surface area contributed by atoms with Crippen molar-refractivity contribution in [3.8, 4) is 11.3 Å². The number of benzene rings is 2. The van der Waals surface area contributed by atoms with Gasteiger partial charge in [0.1, 0.15) is 0 Å². The number of aromatic carboxylic acids is 1. The van der Waals surface area contributed by atoms with Gasteiger partial charge in [-0.25, -0.2) is 9.78 Å². The van der Waals surface area contributed by atoms with Crippen LogP contribution in [0.15, 0.2) is 54.6 Å². The number of aromatic nitrogens is 1. The normalized spacial score (nSPS) is 30.1. The fourth-order valence-electron chi connectivity index (χ4n) is 6.72. The fourth-order valence-corrected chi connectivity index (χ4v) is 6.87. The van der Waals surface area contributed by atoms with Crippen LogP contribution in [0.2, 0.25) is 5.02 Å². The van der Waals surface area contributed by atoms with E-state index in [-0.39, 0.29) is 41.0 Å². The van der Waals surface area contributed by atoms with Crippen molar-refractivity contribution < 1.29 is 19.5 Å². The average Bonchev–Trinajstić information content (AvgIpc) is 3.64. The lowest BCUT2D eigenvalue weighted by Gasteiger charge is -2.37. The van der Waals surface area contributed by atoms with Crippen molar-refractivity contribution in [3.05, 3.63) is 70.8 Å². The van der Waals surface area contributed by atoms with Crippen LogP contribution in [0.4, 0.5) is 5.69 Å². The Kier molecular flexibility index (Phi) is 4.17. The van der Waals surface area contributed by atoms with E-state index in [2.05, 4.69) is 12.2 Å². The van der Waals surface area contributed by atoms with Gasteiger partial charge in [0.05, 0.1) is 34.3 Å². The predicted molar refractivity (Wildman–Crippen MR) is 131 cm³/mol. The highest BCUT2D eigenvalue weighted by Gasteiger charge is 2.67. The van der Waals surface area contributed by atoms with E-state index in [1.807, 2.05) is 6.92 Å². The summed E-state index contributed by atoms with van der Waals surface area (Å²) in [6.07, 6.45) is 5.46. The minimum atomic E-state index is -1.05. The van der Waals surface area contributed by atoms with Crippen LogP contribution in [-0.4, -0.2) is 27.9 Å². The van der Waals surface area contributed by atoms with Crippen molar-refractivity contribution in [3.63, 3.8) is 0 Å². The first-order chi connectivity index (χ1) is 16.8. The molecule has 174 valence electrons. The highest BCUT2D eigenvalue weighted by molar-refractivity contribution is 6.32. The number of hydrogen-bond donors (Lipinski definition) is 1. The number of fused-ring (bicyclic) bond motifs is 1. The summed E-state index contributed by atoms with van der Waals surface area (Å²) in [7, 11) is 0. The number of imide groups is 1. The van der Waals surface area contributed by atoms with E-state index in [0.717, 1.165) is 6.42 Å². The maximum Gasteiger partial charge on any atom is 0.336 e. The summed E-state index contributed by atoms with van der Waals surface area (Å²) in [6.45, 7) is 1.81. The van der Waals surface area contributed by atoms with Gasteiger partial charge in [-0.2, -0.15) is 0 Å². The second kappa shape index (κ2) is 7.01. The minimum Gasteiger partial charge on any atom is -0.478 e. The van der Waals surface area contributed by atoms with Gasteiger partial charge in [-0.1, -0.05) is 42.0 Å². The Hall–Kier alpha value is -3.51. The van der Waals surface area contributed by atoms with E-state index in [9.17, 15) is 19.5 Å². The Balaban J connectivity index is 1.26. The topological polar surface area (TPSA) is 87.6 Å². The van der Waals surface area contributed by atoms with Crippen LogP contribution in [0.1, 0.15) is 22.3 Å². The van der Waals surface area contributed by atoms with Gasteiger partial charge in [0, 0.05) is 16.0 Å². The molecule has 6 atom stereocenters. The molecule has 0 spiro atoms. The van der Waals surface area contributed by atoms with E-state index in [0.29, 0.717) is 50.3 Å². The number of nitrogens with zero attached hydrogens (tertiary/aromatic N) is 2. The van der Waals surface area contributed by atoms with Gasteiger partial charge in [-0.05, 0) is 66.8 Å². The second-order valence-corrected chi connectivity index (χ2v) is 10.5. The number of rotatable bonds is 3. The molecule has 2 saturated carbocycles. The van der Waals surface area contributed by atoms with E-state index in [1.54, 1.807) is 42.5 Å². The van der Waals surface area contributed by atoms with Gasteiger partial charge in [-0.3, -0.25) is 14.5 Å². The van der Waals surface area contributed by atoms with Crippen LogP contribution >= 0.6 is 11.6 Å². The number of carboxylic acid groups (broad SMARTS) is 1. The highest BCUT2D eigenvalue weighted by Crippen LogP contribution is 2.65. The second-order valence-electron chi connectivity index (χ2n) is 10.1. The molecule has 2 aromatic carbocycles. The zero-order chi connectivity index (χ0) is 24.2. The molecule has 1 N–H and O–H groups in total. The van der Waals surface area contributed by atoms with Gasteiger partial charge in [-0.15, -0.1) is 0 Å². The molecular weight excluding hydrogens is 464 g/mol. The van der Waals surface area contributed by atoms with Gasteiger partial charge in [0.15, 0.2) is 0 Å². The molecule has 2 heterocycles. The lowest BCUT2D eigenvalue weighted by atomic mass is 9.63. The zero-order valence-corrected chi connectivity index (χ0v) is 19.6. The average molecular weight is 485 g/mol. The molecular formula is C28H21ClN2O4. The van der Waals surface area contributed by atoms with Crippen LogP contribution in [0.3, 0.4) is 0 Å². The van der Waals surface area contributed by atoms with E-state index >= 15 is 0 Å². The van der Waals surface area contributed by atoms with Crippen LogP contribution < -0.4 is 4.90 Å². The number of carbonyl (C=O) groups excluding carboxylic acids is 2. The summed E-state index contributed by atoms with van der Waals surface area (Å²) in [4.78, 5) is 44.8. The number of halogens is 1. The third-order valence-corrected chi connectivity index (χ3v) is 8.89. The van der Waals surface area contributed by atoms with Crippen molar-refractivity contribution >= 4 is 46.0 Å². The van der Waals surface area contributed by atoms with Crippen molar-refractivity contribution in [1.29, 1.82) is 0 Å². The zero-order valence-electron chi connectivity index (χ0n) is 18.8. The lowest BCUT2D eigenvalue weighted by Crippen LogP contribution is -2.40.